The van der Waals surface area contributed by atoms with Crippen LogP contribution in [0.15, 0.2) is 59.1 Å². The van der Waals surface area contributed by atoms with Crippen molar-refractivity contribution in [1.29, 1.82) is 0 Å². The van der Waals surface area contributed by atoms with Gasteiger partial charge in [-0.05, 0) is 74.3 Å². The lowest BCUT2D eigenvalue weighted by molar-refractivity contribution is -0.190. The molecule has 1 aromatic heterocycles. The Labute approximate surface area is 183 Å². The third kappa shape index (κ3) is 6.50. The van der Waals surface area contributed by atoms with Gasteiger partial charge in [0.15, 0.2) is 5.76 Å². The SMILES string of the molecule is CC(Cc1cccc(OC(C)C)c1)Nc1ccc(-c2cc(OC(=O)C(F)(F)F)no2)cc1. The maximum atomic E-state index is 12.3. The monoisotopic (exact) mass is 448 g/mol. The fourth-order valence-electron chi connectivity index (χ4n) is 3.03. The number of carbonyl (C=O) groups is 1. The summed E-state index contributed by atoms with van der Waals surface area (Å²) < 4.78 is 51.7. The van der Waals surface area contributed by atoms with E-state index in [0.29, 0.717) is 5.56 Å². The van der Waals surface area contributed by atoms with Crippen molar-refractivity contribution in [2.24, 2.45) is 0 Å². The third-order valence-corrected chi connectivity index (χ3v) is 4.31. The van der Waals surface area contributed by atoms with E-state index in [1.165, 1.54) is 0 Å². The van der Waals surface area contributed by atoms with Crippen LogP contribution >= 0.6 is 0 Å². The van der Waals surface area contributed by atoms with Crippen molar-refractivity contribution in [2.45, 2.75) is 45.5 Å². The van der Waals surface area contributed by atoms with Crippen molar-refractivity contribution in [3.8, 4) is 23.0 Å². The first-order valence-electron chi connectivity index (χ1n) is 9.98. The number of ether oxygens (including phenoxy) is 2. The summed E-state index contributed by atoms with van der Waals surface area (Å²) in [6.07, 6.45) is -4.21. The molecule has 0 aliphatic heterocycles. The first-order chi connectivity index (χ1) is 15.1. The summed E-state index contributed by atoms with van der Waals surface area (Å²) in [5.41, 5.74) is 2.57. The minimum absolute atomic E-state index is 0.108. The van der Waals surface area contributed by atoms with Crippen LogP contribution in [0.3, 0.4) is 0 Å². The Balaban J connectivity index is 1.58. The largest absolute Gasteiger partial charge is 0.491 e. The van der Waals surface area contributed by atoms with E-state index in [2.05, 4.69) is 22.1 Å². The molecule has 1 unspecified atom stereocenters. The Hall–Kier alpha value is -3.49. The van der Waals surface area contributed by atoms with Gasteiger partial charge in [-0.15, -0.1) is 0 Å². The number of carbonyl (C=O) groups excluding carboxylic acids is 1. The van der Waals surface area contributed by atoms with Crippen LogP contribution in [0.4, 0.5) is 18.9 Å². The molecular formula is C23H23F3N2O4. The van der Waals surface area contributed by atoms with Crippen LogP contribution in [0.5, 0.6) is 11.6 Å². The molecule has 170 valence electrons. The molecule has 6 nitrogen and oxygen atoms in total. The van der Waals surface area contributed by atoms with Crippen LogP contribution in [0.1, 0.15) is 26.3 Å². The van der Waals surface area contributed by atoms with Crippen molar-refractivity contribution in [2.75, 3.05) is 5.32 Å². The number of aromatic nitrogens is 1. The molecule has 0 saturated heterocycles. The minimum atomic E-state index is -5.11. The number of benzene rings is 2. The first-order valence-corrected chi connectivity index (χ1v) is 9.98. The number of alkyl halides is 3. The molecule has 0 fully saturated rings. The van der Waals surface area contributed by atoms with Gasteiger partial charge >= 0.3 is 12.1 Å². The highest BCUT2D eigenvalue weighted by molar-refractivity contribution is 5.78. The zero-order chi connectivity index (χ0) is 23.3. The van der Waals surface area contributed by atoms with Crippen LogP contribution in [-0.2, 0) is 11.2 Å². The summed E-state index contributed by atoms with van der Waals surface area (Å²) in [5.74, 6) is -1.90. The third-order valence-electron chi connectivity index (χ3n) is 4.31. The lowest BCUT2D eigenvalue weighted by atomic mass is 10.1. The average Bonchev–Trinajstić information content (AvgIpc) is 3.16. The van der Waals surface area contributed by atoms with Gasteiger partial charge in [0, 0.05) is 17.3 Å². The van der Waals surface area contributed by atoms with Crippen LogP contribution in [0, 0.1) is 0 Å². The van der Waals surface area contributed by atoms with E-state index >= 15 is 0 Å². The smallest absolute Gasteiger partial charge is 0.491 e. The highest BCUT2D eigenvalue weighted by Crippen LogP contribution is 2.27. The molecule has 0 spiro atoms. The number of esters is 1. The number of anilines is 1. The van der Waals surface area contributed by atoms with E-state index in [1.807, 2.05) is 50.2 Å². The van der Waals surface area contributed by atoms with Crippen molar-refractivity contribution in [3.63, 3.8) is 0 Å². The number of nitrogens with zero attached hydrogens (tertiary/aromatic N) is 1. The van der Waals surface area contributed by atoms with E-state index < -0.39 is 18.0 Å². The molecule has 9 heteroatoms. The fourth-order valence-corrected chi connectivity index (χ4v) is 3.03. The molecule has 2 aromatic carbocycles. The Morgan fingerprint density at radius 1 is 1.09 bits per heavy atom. The van der Waals surface area contributed by atoms with E-state index in [9.17, 15) is 18.0 Å². The van der Waals surface area contributed by atoms with Gasteiger partial charge < -0.3 is 19.3 Å². The van der Waals surface area contributed by atoms with Crippen molar-refractivity contribution >= 4 is 11.7 Å². The van der Waals surface area contributed by atoms with Gasteiger partial charge in [-0.2, -0.15) is 13.2 Å². The zero-order valence-corrected chi connectivity index (χ0v) is 17.8. The normalized spacial score (nSPS) is 12.5. The Kier molecular flexibility index (Phi) is 7.07. The minimum Gasteiger partial charge on any atom is -0.491 e. The van der Waals surface area contributed by atoms with E-state index in [-0.39, 0.29) is 17.9 Å². The van der Waals surface area contributed by atoms with E-state index in [1.54, 1.807) is 12.1 Å². The quantitative estimate of drug-likeness (QED) is 0.450. The molecule has 0 bridgehead atoms. The Morgan fingerprint density at radius 2 is 1.81 bits per heavy atom. The maximum Gasteiger partial charge on any atom is 0.491 e. The summed E-state index contributed by atoms with van der Waals surface area (Å²) in [4.78, 5) is 10.9. The molecule has 0 aliphatic carbocycles. The molecule has 32 heavy (non-hydrogen) atoms. The van der Waals surface area contributed by atoms with Crippen LogP contribution in [0.25, 0.3) is 11.3 Å². The number of hydrogen-bond acceptors (Lipinski definition) is 6. The second kappa shape index (κ2) is 9.76. The molecule has 0 aliphatic rings. The highest BCUT2D eigenvalue weighted by Gasteiger charge is 2.42. The van der Waals surface area contributed by atoms with Gasteiger partial charge in [0.1, 0.15) is 5.75 Å². The van der Waals surface area contributed by atoms with Gasteiger partial charge in [0.2, 0.25) is 0 Å². The van der Waals surface area contributed by atoms with Crippen LogP contribution in [0.2, 0.25) is 0 Å². The molecule has 3 aromatic rings. The van der Waals surface area contributed by atoms with Crippen molar-refractivity contribution in [3.05, 3.63) is 60.2 Å². The predicted molar refractivity (Wildman–Crippen MR) is 113 cm³/mol. The number of rotatable bonds is 8. The molecular weight excluding hydrogens is 425 g/mol. The van der Waals surface area contributed by atoms with Gasteiger partial charge in [-0.3, -0.25) is 0 Å². The summed E-state index contributed by atoms with van der Waals surface area (Å²) in [6, 6.07) is 16.3. The Morgan fingerprint density at radius 3 is 2.47 bits per heavy atom. The van der Waals surface area contributed by atoms with E-state index in [0.717, 1.165) is 29.5 Å². The summed E-state index contributed by atoms with van der Waals surface area (Å²) in [7, 11) is 0. The van der Waals surface area contributed by atoms with Crippen molar-refractivity contribution < 1.29 is 32.0 Å². The molecule has 1 heterocycles. The average molecular weight is 448 g/mol. The molecule has 0 amide bonds. The molecule has 1 N–H and O–H groups in total. The van der Waals surface area contributed by atoms with Crippen molar-refractivity contribution in [1.82, 2.24) is 5.16 Å². The van der Waals surface area contributed by atoms with E-state index in [4.69, 9.17) is 9.26 Å². The highest BCUT2D eigenvalue weighted by atomic mass is 19.4. The topological polar surface area (TPSA) is 73.6 Å². The number of halogens is 3. The lowest BCUT2D eigenvalue weighted by Gasteiger charge is -2.17. The number of nitrogens with one attached hydrogen (secondary N) is 1. The summed E-state index contributed by atoms with van der Waals surface area (Å²) in [6.45, 7) is 6.02. The van der Waals surface area contributed by atoms with Crippen LogP contribution < -0.4 is 14.8 Å². The lowest BCUT2D eigenvalue weighted by Crippen LogP contribution is -2.28. The van der Waals surface area contributed by atoms with Gasteiger partial charge in [-0.25, -0.2) is 4.79 Å². The van der Waals surface area contributed by atoms with Crippen LogP contribution in [-0.4, -0.2) is 29.4 Å². The zero-order valence-electron chi connectivity index (χ0n) is 17.8. The summed E-state index contributed by atoms with van der Waals surface area (Å²) in [5, 5.41) is 6.74. The molecule has 0 saturated carbocycles. The summed E-state index contributed by atoms with van der Waals surface area (Å²) >= 11 is 0. The molecule has 0 radical (unpaired) electrons. The predicted octanol–water partition coefficient (Wildman–Crippen LogP) is 5.64. The fraction of sp³-hybridized carbons (Fsp3) is 0.304. The van der Waals surface area contributed by atoms with Gasteiger partial charge in [0.05, 0.1) is 12.2 Å². The second-order valence-corrected chi connectivity index (χ2v) is 7.56. The standard InChI is InChI=1S/C23H23F3N2O4/c1-14(2)30-19-6-4-5-16(12-19)11-15(3)27-18-9-7-17(8-10-18)20-13-21(28-32-20)31-22(29)23(24,25)26/h4-10,12-15,27H,11H2,1-3H3. The molecule has 1 atom stereocenters. The van der Waals surface area contributed by atoms with Gasteiger partial charge in [0.25, 0.3) is 5.88 Å². The van der Waals surface area contributed by atoms with Gasteiger partial charge in [-0.1, -0.05) is 12.1 Å². The second-order valence-electron chi connectivity index (χ2n) is 7.56. The maximum absolute atomic E-state index is 12.3. The first kappa shape index (κ1) is 23.2. The molecule has 3 rings (SSSR count). The Bertz CT molecular complexity index is 1050. The number of hydrogen-bond donors (Lipinski definition) is 1.